The van der Waals surface area contributed by atoms with Gasteiger partial charge in [0.15, 0.2) is 0 Å². The molecule has 1 fully saturated rings. The molecule has 1 heterocycles. The SMILES string of the molecule is CCOC(=O)N(CCC#N)C[C@@]12CC[C@@H](c3cc(-c4c(F)cccc4F)nnc31)C2(C)C. The molecular formula is C24H26F2N4O2. The number of rotatable bonds is 6. The second kappa shape index (κ2) is 8.12. The van der Waals surface area contributed by atoms with Gasteiger partial charge in [-0.2, -0.15) is 15.5 Å². The lowest BCUT2D eigenvalue weighted by atomic mass is 9.68. The zero-order chi connectivity index (χ0) is 23.1. The van der Waals surface area contributed by atoms with Crippen molar-refractivity contribution < 1.29 is 18.3 Å². The Kier molecular flexibility index (Phi) is 5.61. The number of hydrogen-bond donors (Lipinski definition) is 0. The summed E-state index contributed by atoms with van der Waals surface area (Å²) < 4.78 is 34.0. The van der Waals surface area contributed by atoms with Crippen molar-refractivity contribution in [1.29, 1.82) is 5.26 Å². The number of aromatic nitrogens is 2. The highest BCUT2D eigenvalue weighted by Gasteiger charge is 2.64. The summed E-state index contributed by atoms with van der Waals surface area (Å²) in [5, 5.41) is 17.7. The summed E-state index contributed by atoms with van der Waals surface area (Å²) in [6.45, 7) is 6.89. The lowest BCUT2D eigenvalue weighted by molar-refractivity contribution is 0.0805. The average molecular weight is 440 g/mol. The lowest BCUT2D eigenvalue weighted by Gasteiger charge is -2.41. The molecule has 1 aromatic carbocycles. The van der Waals surface area contributed by atoms with Gasteiger partial charge in [0.05, 0.1) is 36.0 Å². The van der Waals surface area contributed by atoms with Crippen LogP contribution in [0.2, 0.25) is 0 Å². The maximum Gasteiger partial charge on any atom is 0.409 e. The van der Waals surface area contributed by atoms with E-state index in [-0.39, 0.29) is 42.2 Å². The first-order chi connectivity index (χ1) is 15.3. The topological polar surface area (TPSA) is 79.1 Å². The van der Waals surface area contributed by atoms with E-state index in [1.807, 2.05) is 0 Å². The molecule has 2 aliphatic carbocycles. The van der Waals surface area contributed by atoms with Crippen LogP contribution in [-0.2, 0) is 10.2 Å². The largest absolute Gasteiger partial charge is 0.450 e. The van der Waals surface area contributed by atoms with Gasteiger partial charge in [-0.3, -0.25) is 0 Å². The molecule has 8 heteroatoms. The molecule has 0 aliphatic heterocycles. The van der Waals surface area contributed by atoms with Crippen LogP contribution in [0.15, 0.2) is 24.3 Å². The Labute approximate surface area is 186 Å². The van der Waals surface area contributed by atoms with Crippen molar-refractivity contribution in [2.24, 2.45) is 5.41 Å². The Morgan fingerprint density at radius 2 is 2.03 bits per heavy atom. The Bertz CT molecular complexity index is 1080. The summed E-state index contributed by atoms with van der Waals surface area (Å²) in [5.74, 6) is -1.23. The molecule has 168 valence electrons. The van der Waals surface area contributed by atoms with E-state index >= 15 is 0 Å². The van der Waals surface area contributed by atoms with Crippen LogP contribution in [0.1, 0.15) is 57.2 Å². The van der Waals surface area contributed by atoms with E-state index in [1.54, 1.807) is 17.9 Å². The van der Waals surface area contributed by atoms with Crippen molar-refractivity contribution in [1.82, 2.24) is 15.1 Å². The summed E-state index contributed by atoms with van der Waals surface area (Å²) in [5.41, 5.74) is 0.954. The molecule has 2 bridgehead atoms. The molecule has 1 aromatic heterocycles. The number of carbonyl (C=O) groups excluding carboxylic acids is 1. The van der Waals surface area contributed by atoms with Crippen LogP contribution < -0.4 is 0 Å². The van der Waals surface area contributed by atoms with Crippen molar-refractivity contribution in [3.05, 3.63) is 47.2 Å². The number of ether oxygens (including phenoxy) is 1. The molecule has 0 N–H and O–H groups in total. The monoisotopic (exact) mass is 440 g/mol. The van der Waals surface area contributed by atoms with Gasteiger partial charge in [-0.15, -0.1) is 0 Å². The summed E-state index contributed by atoms with van der Waals surface area (Å²) in [6, 6.07) is 7.57. The maximum absolute atomic E-state index is 14.4. The maximum atomic E-state index is 14.4. The predicted molar refractivity (Wildman–Crippen MR) is 114 cm³/mol. The minimum atomic E-state index is -0.679. The quantitative estimate of drug-likeness (QED) is 0.635. The van der Waals surface area contributed by atoms with E-state index in [0.717, 1.165) is 24.1 Å². The van der Waals surface area contributed by atoms with Gasteiger partial charge in [-0.05, 0) is 54.9 Å². The number of benzene rings is 1. The van der Waals surface area contributed by atoms with E-state index in [0.29, 0.717) is 6.54 Å². The fourth-order valence-electron chi connectivity index (χ4n) is 5.60. The standard InChI is InChI=1S/C24H26F2N4O2/c1-4-32-22(31)30(12-6-11-27)14-24-10-9-16(23(24,2)3)15-13-19(28-29-21(15)24)20-17(25)7-5-8-18(20)26/h5,7-8,13,16H,4,6,9-10,12,14H2,1-3H3/t16-,24-/m0/s1. The number of halogens is 2. The second-order valence-electron chi connectivity index (χ2n) is 9.05. The molecule has 32 heavy (non-hydrogen) atoms. The van der Waals surface area contributed by atoms with E-state index in [4.69, 9.17) is 10.00 Å². The van der Waals surface area contributed by atoms with E-state index in [9.17, 15) is 13.6 Å². The molecular weight excluding hydrogens is 414 g/mol. The molecule has 2 aliphatic rings. The summed E-state index contributed by atoms with van der Waals surface area (Å²) >= 11 is 0. The number of carbonyl (C=O) groups is 1. The van der Waals surface area contributed by atoms with Crippen LogP contribution in [0.5, 0.6) is 0 Å². The van der Waals surface area contributed by atoms with Gasteiger partial charge in [-0.1, -0.05) is 19.9 Å². The number of amides is 1. The smallest absolute Gasteiger partial charge is 0.409 e. The first-order valence-electron chi connectivity index (χ1n) is 10.9. The van der Waals surface area contributed by atoms with E-state index in [2.05, 4.69) is 30.1 Å². The molecule has 6 nitrogen and oxygen atoms in total. The highest BCUT2D eigenvalue weighted by molar-refractivity contribution is 5.68. The predicted octanol–water partition coefficient (Wildman–Crippen LogP) is 4.95. The molecule has 0 unspecified atom stereocenters. The number of hydrogen-bond acceptors (Lipinski definition) is 5. The Balaban J connectivity index is 1.77. The highest BCUT2D eigenvalue weighted by atomic mass is 19.1. The van der Waals surface area contributed by atoms with Crippen molar-refractivity contribution >= 4 is 6.09 Å². The van der Waals surface area contributed by atoms with Crippen LogP contribution in [0.25, 0.3) is 11.3 Å². The molecule has 4 rings (SSSR count). The molecule has 2 aromatic rings. The number of nitrogens with zero attached hydrogens (tertiary/aromatic N) is 4. The summed E-state index contributed by atoms with van der Waals surface area (Å²) in [6.07, 6.45) is 1.42. The van der Waals surface area contributed by atoms with E-state index < -0.39 is 23.1 Å². The Hall–Kier alpha value is -3.08. The zero-order valence-corrected chi connectivity index (χ0v) is 18.5. The molecule has 1 saturated carbocycles. The van der Waals surface area contributed by atoms with Crippen LogP contribution in [0.4, 0.5) is 13.6 Å². The molecule has 0 saturated heterocycles. The zero-order valence-electron chi connectivity index (χ0n) is 18.5. The van der Waals surface area contributed by atoms with Crippen molar-refractivity contribution in [2.75, 3.05) is 19.7 Å². The third kappa shape index (κ3) is 3.22. The van der Waals surface area contributed by atoms with Gasteiger partial charge in [0.2, 0.25) is 0 Å². The summed E-state index contributed by atoms with van der Waals surface area (Å²) in [4.78, 5) is 14.2. The van der Waals surface area contributed by atoms with Crippen molar-refractivity contribution in [3.8, 4) is 17.3 Å². The Morgan fingerprint density at radius 3 is 2.69 bits per heavy atom. The second-order valence-corrected chi connectivity index (χ2v) is 9.05. The van der Waals surface area contributed by atoms with Gasteiger partial charge < -0.3 is 9.64 Å². The highest BCUT2D eigenvalue weighted by Crippen LogP contribution is 2.67. The summed E-state index contributed by atoms with van der Waals surface area (Å²) in [7, 11) is 0. The van der Waals surface area contributed by atoms with Gasteiger partial charge in [-0.25, -0.2) is 13.6 Å². The minimum Gasteiger partial charge on any atom is -0.450 e. The third-order valence-electron chi connectivity index (χ3n) is 7.32. The van der Waals surface area contributed by atoms with Crippen molar-refractivity contribution in [3.63, 3.8) is 0 Å². The number of nitriles is 1. The van der Waals surface area contributed by atoms with Crippen LogP contribution >= 0.6 is 0 Å². The fourth-order valence-corrected chi connectivity index (χ4v) is 5.60. The van der Waals surface area contributed by atoms with Gasteiger partial charge in [0, 0.05) is 18.5 Å². The molecule has 2 atom stereocenters. The van der Waals surface area contributed by atoms with Gasteiger partial charge in [0.1, 0.15) is 11.6 Å². The van der Waals surface area contributed by atoms with Gasteiger partial charge >= 0.3 is 6.09 Å². The third-order valence-corrected chi connectivity index (χ3v) is 7.32. The van der Waals surface area contributed by atoms with Gasteiger partial charge in [0.25, 0.3) is 0 Å². The molecule has 1 amide bonds. The average Bonchev–Trinajstić information content (AvgIpc) is 3.11. The minimum absolute atomic E-state index is 0.126. The number of fused-ring (bicyclic) bond motifs is 5. The first-order valence-corrected chi connectivity index (χ1v) is 10.9. The normalized spacial score (nSPS) is 22.3. The first kappa shape index (κ1) is 22.1. The van der Waals surface area contributed by atoms with Crippen LogP contribution in [0.3, 0.4) is 0 Å². The Morgan fingerprint density at radius 1 is 1.31 bits per heavy atom. The molecule has 0 spiro atoms. The fraction of sp³-hybridized carbons (Fsp3) is 0.500. The van der Waals surface area contributed by atoms with Crippen LogP contribution in [-0.4, -0.2) is 40.9 Å². The van der Waals surface area contributed by atoms with Crippen LogP contribution in [0, 0.1) is 28.4 Å². The lowest BCUT2D eigenvalue weighted by Crippen LogP contribution is -2.48. The van der Waals surface area contributed by atoms with Crippen molar-refractivity contribution in [2.45, 2.75) is 51.4 Å². The van der Waals surface area contributed by atoms with E-state index in [1.165, 1.54) is 18.2 Å². The molecule has 0 radical (unpaired) electrons.